The summed E-state index contributed by atoms with van der Waals surface area (Å²) in [5, 5.41) is 4.30. The van der Waals surface area contributed by atoms with Crippen LogP contribution in [0.25, 0.3) is 22.2 Å². The molecule has 2 heterocycles. The third kappa shape index (κ3) is 6.71. The lowest BCUT2D eigenvalue weighted by Gasteiger charge is -2.21. The number of rotatable bonds is 14. The average Bonchev–Trinajstić information content (AvgIpc) is 3.45. The second kappa shape index (κ2) is 13.7. The van der Waals surface area contributed by atoms with Crippen molar-refractivity contribution in [3.05, 3.63) is 97.2 Å². The van der Waals surface area contributed by atoms with Crippen molar-refractivity contribution in [2.24, 2.45) is 0 Å². The van der Waals surface area contributed by atoms with Gasteiger partial charge < -0.3 is 19.6 Å². The second-order valence-electron chi connectivity index (χ2n) is 9.99. The number of halogens is 1. The highest BCUT2D eigenvalue weighted by atomic mass is 32.2. The number of aromatic nitrogens is 3. The van der Waals surface area contributed by atoms with Gasteiger partial charge in [-0.25, -0.2) is 14.4 Å². The summed E-state index contributed by atoms with van der Waals surface area (Å²) in [6.07, 6.45) is 4.67. The minimum Gasteiger partial charge on any atom is -0.347 e. The average molecular weight is 617 g/mol. The number of anilines is 3. The highest BCUT2D eigenvalue weighted by Crippen LogP contribution is 2.29. The number of aryl methyl sites for hydroxylation is 1. The van der Waals surface area contributed by atoms with E-state index in [9.17, 15) is 17.6 Å². The van der Waals surface area contributed by atoms with Crippen LogP contribution in [0.5, 0.6) is 0 Å². The standard InChI is InChI=1S/C32H33FN6O4S/c1-3-37(4-2)17-7-18-38-19-16-25-20-24(10-15-30(25)38)29-21-32(35-22-34-29)36-26-11-13-27(14-12-26)39(43-23-40)44(41,42)31-9-6-5-8-28(31)33/h5-6,8-16,19-23H,3-4,7,17-18H2,1-2H3,(H,34,35,36). The maximum atomic E-state index is 14.3. The van der Waals surface area contributed by atoms with E-state index in [2.05, 4.69) is 63.0 Å². The monoisotopic (exact) mass is 616 g/mol. The molecular formula is C32H33FN6O4S. The van der Waals surface area contributed by atoms with E-state index in [1.165, 1.54) is 36.1 Å². The van der Waals surface area contributed by atoms with Crippen molar-refractivity contribution in [3.8, 4) is 11.3 Å². The molecule has 0 saturated carbocycles. The van der Waals surface area contributed by atoms with Crippen molar-refractivity contribution >= 4 is 44.6 Å². The lowest BCUT2D eigenvalue weighted by molar-refractivity contribution is -0.128. The van der Waals surface area contributed by atoms with Gasteiger partial charge in [0.05, 0.1) is 11.4 Å². The van der Waals surface area contributed by atoms with Crippen LogP contribution in [-0.2, 0) is 26.2 Å². The summed E-state index contributed by atoms with van der Waals surface area (Å²) < 4.78 is 43.0. The van der Waals surface area contributed by atoms with Crippen LogP contribution in [-0.4, -0.2) is 54.0 Å². The second-order valence-corrected chi connectivity index (χ2v) is 11.7. The van der Waals surface area contributed by atoms with Crippen molar-refractivity contribution in [3.63, 3.8) is 0 Å². The van der Waals surface area contributed by atoms with Gasteiger partial charge in [-0.2, -0.15) is 8.42 Å². The minimum absolute atomic E-state index is 0.00238. The number of carbonyl (C=O) groups is 1. The molecule has 44 heavy (non-hydrogen) atoms. The van der Waals surface area contributed by atoms with Crippen molar-refractivity contribution in [1.82, 2.24) is 19.4 Å². The zero-order valence-corrected chi connectivity index (χ0v) is 25.2. The Balaban J connectivity index is 1.30. The fraction of sp³-hybridized carbons (Fsp3) is 0.219. The summed E-state index contributed by atoms with van der Waals surface area (Å²) in [6.45, 7) is 8.48. The summed E-state index contributed by atoms with van der Waals surface area (Å²) in [7, 11) is -4.52. The molecule has 1 N–H and O–H groups in total. The van der Waals surface area contributed by atoms with Crippen LogP contribution in [0, 0.1) is 5.82 Å². The van der Waals surface area contributed by atoms with Gasteiger partial charge in [0.2, 0.25) is 0 Å². The smallest absolute Gasteiger partial charge is 0.322 e. The maximum absolute atomic E-state index is 14.3. The molecule has 10 nitrogen and oxygen atoms in total. The molecule has 0 aliphatic rings. The lowest BCUT2D eigenvalue weighted by Crippen LogP contribution is -2.31. The highest BCUT2D eigenvalue weighted by molar-refractivity contribution is 7.92. The normalized spacial score (nSPS) is 11.5. The number of carbonyl (C=O) groups excluding carboxylic acids is 1. The first-order valence-corrected chi connectivity index (χ1v) is 15.7. The predicted molar refractivity (Wildman–Crippen MR) is 168 cm³/mol. The molecule has 0 spiro atoms. The molecule has 0 saturated heterocycles. The van der Waals surface area contributed by atoms with Crippen LogP contribution in [0.1, 0.15) is 20.3 Å². The van der Waals surface area contributed by atoms with Gasteiger partial charge in [0.1, 0.15) is 22.9 Å². The third-order valence-electron chi connectivity index (χ3n) is 7.32. The van der Waals surface area contributed by atoms with E-state index in [1.807, 2.05) is 12.1 Å². The molecule has 0 unspecified atom stereocenters. The fourth-order valence-corrected chi connectivity index (χ4v) is 6.29. The summed E-state index contributed by atoms with van der Waals surface area (Å²) in [5.74, 6) is -0.441. The minimum atomic E-state index is -4.52. The Morgan fingerprint density at radius 1 is 0.977 bits per heavy atom. The molecule has 0 amide bonds. The van der Waals surface area contributed by atoms with Gasteiger partial charge >= 0.3 is 6.47 Å². The summed E-state index contributed by atoms with van der Waals surface area (Å²) in [6, 6.07) is 21.1. The first-order chi connectivity index (χ1) is 21.3. The van der Waals surface area contributed by atoms with Crippen LogP contribution in [0.3, 0.4) is 0 Å². The zero-order valence-electron chi connectivity index (χ0n) is 24.4. The molecule has 228 valence electrons. The van der Waals surface area contributed by atoms with Gasteiger partial charge in [0.25, 0.3) is 10.0 Å². The number of benzene rings is 3. The Morgan fingerprint density at radius 2 is 1.75 bits per heavy atom. The SMILES string of the molecule is CCN(CC)CCCn1ccc2cc(-c3cc(Nc4ccc(N(OC=O)S(=O)(=O)c5ccccc5F)cc4)ncn3)ccc21. The Bertz CT molecular complexity index is 1840. The van der Waals surface area contributed by atoms with E-state index in [0.717, 1.165) is 61.4 Å². The summed E-state index contributed by atoms with van der Waals surface area (Å²) in [5.41, 5.74) is 3.44. The van der Waals surface area contributed by atoms with Gasteiger partial charge in [-0.15, -0.1) is 0 Å². The summed E-state index contributed by atoms with van der Waals surface area (Å²) >= 11 is 0. The van der Waals surface area contributed by atoms with Crippen LogP contribution in [0.15, 0.2) is 96.3 Å². The van der Waals surface area contributed by atoms with Gasteiger partial charge in [0, 0.05) is 41.0 Å². The van der Waals surface area contributed by atoms with E-state index in [4.69, 9.17) is 4.84 Å². The van der Waals surface area contributed by atoms with Crippen LogP contribution in [0.4, 0.5) is 21.6 Å². The summed E-state index contributed by atoms with van der Waals surface area (Å²) in [4.78, 5) is 26.4. The number of fused-ring (bicyclic) bond motifs is 1. The van der Waals surface area contributed by atoms with Crippen molar-refractivity contribution < 1.29 is 22.4 Å². The van der Waals surface area contributed by atoms with E-state index in [1.54, 1.807) is 12.1 Å². The number of sulfonamides is 1. The van der Waals surface area contributed by atoms with Crippen molar-refractivity contribution in [2.75, 3.05) is 29.4 Å². The Kier molecular flexibility index (Phi) is 9.51. The largest absolute Gasteiger partial charge is 0.347 e. The zero-order chi connectivity index (χ0) is 31.1. The molecule has 3 aromatic carbocycles. The van der Waals surface area contributed by atoms with Gasteiger partial charge in [-0.3, -0.25) is 4.79 Å². The molecule has 0 bridgehead atoms. The van der Waals surface area contributed by atoms with Crippen LogP contribution < -0.4 is 9.79 Å². The molecule has 0 atom stereocenters. The molecule has 2 aromatic heterocycles. The highest BCUT2D eigenvalue weighted by Gasteiger charge is 2.29. The van der Waals surface area contributed by atoms with Crippen molar-refractivity contribution in [2.45, 2.75) is 31.7 Å². The predicted octanol–water partition coefficient (Wildman–Crippen LogP) is 6.00. The van der Waals surface area contributed by atoms with Crippen LogP contribution in [0.2, 0.25) is 0 Å². The molecule has 12 heteroatoms. The number of nitrogens with one attached hydrogen (secondary N) is 1. The molecule has 0 fully saturated rings. The number of hydrogen-bond acceptors (Lipinski definition) is 8. The third-order valence-corrected chi connectivity index (χ3v) is 8.94. The van der Waals surface area contributed by atoms with E-state index in [-0.39, 0.29) is 12.2 Å². The Labute approximate surface area is 255 Å². The Hall–Kier alpha value is -4.81. The maximum Gasteiger partial charge on any atom is 0.322 e. The van der Waals surface area contributed by atoms with Gasteiger partial charge in [-0.1, -0.05) is 36.5 Å². The van der Waals surface area contributed by atoms with E-state index < -0.39 is 20.7 Å². The fourth-order valence-electron chi connectivity index (χ4n) is 5.00. The van der Waals surface area contributed by atoms with Gasteiger partial charge in [0.15, 0.2) is 0 Å². The first kappa shape index (κ1) is 30.6. The first-order valence-electron chi connectivity index (χ1n) is 14.2. The van der Waals surface area contributed by atoms with Crippen molar-refractivity contribution in [1.29, 1.82) is 0 Å². The molecule has 5 rings (SSSR count). The van der Waals surface area contributed by atoms with E-state index >= 15 is 0 Å². The molecule has 0 aliphatic carbocycles. The lowest BCUT2D eigenvalue weighted by atomic mass is 10.1. The Morgan fingerprint density at radius 3 is 2.48 bits per heavy atom. The van der Waals surface area contributed by atoms with Crippen LogP contribution >= 0.6 is 0 Å². The topological polar surface area (TPSA) is 110 Å². The number of hydrogen-bond donors (Lipinski definition) is 1. The molecule has 0 aliphatic heterocycles. The quantitative estimate of drug-likeness (QED) is 0.120. The molecule has 0 radical (unpaired) electrons. The van der Waals surface area contributed by atoms with E-state index in [0.29, 0.717) is 16.0 Å². The van der Waals surface area contributed by atoms with Gasteiger partial charge in [-0.05, 0) is 80.7 Å². The molecular weight excluding hydrogens is 583 g/mol. The molecule has 5 aromatic rings. The number of nitrogens with zero attached hydrogens (tertiary/aromatic N) is 5.